The van der Waals surface area contributed by atoms with Gasteiger partial charge in [0.05, 0.1) is 12.2 Å². The molecule has 1 amide bonds. The zero-order valence-electron chi connectivity index (χ0n) is 9.93. The Hall–Kier alpha value is -2.15. The van der Waals surface area contributed by atoms with E-state index in [2.05, 4.69) is 10.3 Å². The lowest BCUT2D eigenvalue weighted by Gasteiger charge is -2.06. The number of hydrogen-bond donors (Lipinski definition) is 2. The molecule has 100 valence electrons. The third-order valence-corrected chi connectivity index (χ3v) is 2.94. The molecule has 2 rings (SSSR count). The molecule has 0 aliphatic heterocycles. The molecule has 0 saturated carbocycles. The minimum atomic E-state index is -0.349. The van der Waals surface area contributed by atoms with Crippen LogP contribution < -0.4 is 15.8 Å². The number of benzene rings is 1. The van der Waals surface area contributed by atoms with Crippen LogP contribution in [0.3, 0.4) is 0 Å². The van der Waals surface area contributed by atoms with Crippen molar-refractivity contribution in [2.24, 2.45) is 0 Å². The standard InChI is InChI=1S/C12H12FN3O2S/c13-8-1-3-10(4-2-8)18-6-11(17)15-5-9-7-19-12(14)16-9/h1-4,7H,5-6H2,(H2,14,16)(H,15,17). The lowest BCUT2D eigenvalue weighted by atomic mass is 10.3. The number of carbonyl (C=O) groups excluding carboxylic acids is 1. The van der Waals surface area contributed by atoms with Crippen LogP contribution in [0.4, 0.5) is 9.52 Å². The zero-order valence-corrected chi connectivity index (χ0v) is 10.7. The quantitative estimate of drug-likeness (QED) is 0.872. The molecule has 0 radical (unpaired) electrons. The van der Waals surface area contributed by atoms with E-state index < -0.39 is 0 Å². The molecule has 0 aliphatic rings. The largest absolute Gasteiger partial charge is 0.484 e. The number of carbonyl (C=O) groups is 1. The molecule has 3 N–H and O–H groups in total. The van der Waals surface area contributed by atoms with Gasteiger partial charge in [0.1, 0.15) is 11.6 Å². The minimum absolute atomic E-state index is 0.134. The fourth-order valence-corrected chi connectivity index (χ4v) is 1.89. The Kier molecular flexibility index (Phi) is 4.30. The van der Waals surface area contributed by atoms with Crippen LogP contribution in [0.25, 0.3) is 0 Å². The molecule has 0 spiro atoms. The average Bonchev–Trinajstić information content (AvgIpc) is 2.81. The molecule has 0 saturated heterocycles. The van der Waals surface area contributed by atoms with Gasteiger partial charge in [-0.05, 0) is 24.3 Å². The molecule has 1 aromatic heterocycles. The van der Waals surface area contributed by atoms with Gasteiger partial charge in [0.25, 0.3) is 5.91 Å². The summed E-state index contributed by atoms with van der Waals surface area (Å²) in [6.07, 6.45) is 0. The number of halogens is 1. The Balaban J connectivity index is 1.74. The van der Waals surface area contributed by atoms with Crippen molar-refractivity contribution in [3.8, 4) is 5.75 Å². The van der Waals surface area contributed by atoms with E-state index in [4.69, 9.17) is 10.5 Å². The second-order valence-electron chi connectivity index (χ2n) is 3.70. The summed E-state index contributed by atoms with van der Waals surface area (Å²) in [7, 11) is 0. The summed E-state index contributed by atoms with van der Waals surface area (Å²) < 4.78 is 17.8. The van der Waals surface area contributed by atoms with Gasteiger partial charge in [-0.3, -0.25) is 4.79 Å². The first-order chi connectivity index (χ1) is 9.13. The number of thiazole rings is 1. The lowest BCUT2D eigenvalue weighted by Crippen LogP contribution is -2.28. The highest BCUT2D eigenvalue weighted by molar-refractivity contribution is 7.13. The van der Waals surface area contributed by atoms with Crippen LogP contribution in [0.1, 0.15) is 5.69 Å². The van der Waals surface area contributed by atoms with Crippen molar-refractivity contribution in [2.75, 3.05) is 12.3 Å². The topological polar surface area (TPSA) is 77.2 Å². The number of ether oxygens (including phenoxy) is 1. The molecule has 0 bridgehead atoms. The molecule has 7 heteroatoms. The Morgan fingerprint density at radius 2 is 2.16 bits per heavy atom. The van der Waals surface area contributed by atoms with Gasteiger partial charge in [-0.2, -0.15) is 0 Å². The first-order valence-electron chi connectivity index (χ1n) is 5.48. The highest BCUT2D eigenvalue weighted by Gasteiger charge is 2.04. The van der Waals surface area contributed by atoms with Crippen LogP contribution in [0, 0.1) is 5.82 Å². The SMILES string of the molecule is Nc1nc(CNC(=O)COc2ccc(F)cc2)cs1. The van der Waals surface area contributed by atoms with Crippen molar-refractivity contribution in [3.05, 3.63) is 41.2 Å². The monoisotopic (exact) mass is 281 g/mol. The Bertz CT molecular complexity index is 556. The van der Waals surface area contributed by atoms with Crippen molar-refractivity contribution in [2.45, 2.75) is 6.54 Å². The Morgan fingerprint density at radius 3 is 2.79 bits per heavy atom. The fourth-order valence-electron chi connectivity index (χ4n) is 1.32. The number of nitrogens with two attached hydrogens (primary N) is 1. The number of nitrogens with zero attached hydrogens (tertiary/aromatic N) is 1. The van der Waals surface area contributed by atoms with Crippen LogP contribution >= 0.6 is 11.3 Å². The van der Waals surface area contributed by atoms with E-state index in [0.29, 0.717) is 23.1 Å². The number of nitrogen functional groups attached to an aromatic ring is 1. The van der Waals surface area contributed by atoms with Gasteiger partial charge in [0.2, 0.25) is 0 Å². The van der Waals surface area contributed by atoms with Crippen molar-refractivity contribution in [1.29, 1.82) is 0 Å². The number of nitrogens with one attached hydrogen (secondary N) is 1. The second-order valence-corrected chi connectivity index (χ2v) is 4.59. The smallest absolute Gasteiger partial charge is 0.258 e. The van der Waals surface area contributed by atoms with E-state index in [1.807, 2.05) is 0 Å². The number of anilines is 1. The highest BCUT2D eigenvalue weighted by Crippen LogP contribution is 2.11. The molecule has 0 aliphatic carbocycles. The maximum absolute atomic E-state index is 12.6. The van der Waals surface area contributed by atoms with Crippen LogP contribution in [-0.2, 0) is 11.3 Å². The predicted octanol–water partition coefficient (Wildman–Crippen LogP) is 1.56. The fraction of sp³-hybridized carbons (Fsp3) is 0.167. The van der Waals surface area contributed by atoms with Crippen LogP contribution in [-0.4, -0.2) is 17.5 Å². The van der Waals surface area contributed by atoms with E-state index in [0.717, 1.165) is 0 Å². The average molecular weight is 281 g/mol. The van der Waals surface area contributed by atoms with Gasteiger partial charge in [0.15, 0.2) is 11.7 Å². The summed E-state index contributed by atoms with van der Waals surface area (Å²) in [5, 5.41) is 4.88. The van der Waals surface area contributed by atoms with Gasteiger partial charge < -0.3 is 15.8 Å². The van der Waals surface area contributed by atoms with Crippen LogP contribution in [0.5, 0.6) is 5.75 Å². The van der Waals surface area contributed by atoms with Crippen molar-refractivity contribution in [3.63, 3.8) is 0 Å². The molecular formula is C12H12FN3O2S. The molecule has 0 fully saturated rings. The van der Waals surface area contributed by atoms with E-state index in [1.165, 1.54) is 35.6 Å². The van der Waals surface area contributed by atoms with Gasteiger partial charge in [0, 0.05) is 5.38 Å². The minimum Gasteiger partial charge on any atom is -0.484 e. The molecule has 2 aromatic rings. The number of aromatic nitrogens is 1. The van der Waals surface area contributed by atoms with Gasteiger partial charge >= 0.3 is 0 Å². The summed E-state index contributed by atoms with van der Waals surface area (Å²) in [6, 6.07) is 5.46. The van der Waals surface area contributed by atoms with E-state index in [9.17, 15) is 9.18 Å². The number of rotatable bonds is 5. The molecule has 1 aromatic carbocycles. The Labute approximate surface area is 113 Å². The summed E-state index contributed by atoms with van der Waals surface area (Å²) in [5.74, 6) is -0.191. The first-order valence-corrected chi connectivity index (χ1v) is 6.36. The first kappa shape index (κ1) is 13.3. The molecule has 1 heterocycles. The summed E-state index contributed by atoms with van der Waals surface area (Å²) >= 11 is 1.32. The van der Waals surface area contributed by atoms with E-state index in [-0.39, 0.29) is 18.3 Å². The van der Waals surface area contributed by atoms with Crippen molar-refractivity contribution in [1.82, 2.24) is 10.3 Å². The number of amides is 1. The van der Waals surface area contributed by atoms with Crippen molar-refractivity contribution < 1.29 is 13.9 Å². The zero-order chi connectivity index (χ0) is 13.7. The predicted molar refractivity (Wildman–Crippen MR) is 70.3 cm³/mol. The van der Waals surface area contributed by atoms with Gasteiger partial charge in [-0.25, -0.2) is 9.37 Å². The summed E-state index contributed by atoms with van der Waals surface area (Å²) in [6.45, 7) is 0.171. The molecular weight excluding hydrogens is 269 g/mol. The molecule has 0 atom stereocenters. The van der Waals surface area contributed by atoms with Gasteiger partial charge in [-0.1, -0.05) is 0 Å². The normalized spacial score (nSPS) is 10.2. The van der Waals surface area contributed by atoms with Crippen molar-refractivity contribution >= 4 is 22.4 Å². The molecule has 5 nitrogen and oxygen atoms in total. The molecule has 0 unspecified atom stereocenters. The Morgan fingerprint density at radius 1 is 1.42 bits per heavy atom. The van der Waals surface area contributed by atoms with Crippen LogP contribution in [0.2, 0.25) is 0 Å². The maximum Gasteiger partial charge on any atom is 0.258 e. The third-order valence-electron chi connectivity index (χ3n) is 2.22. The van der Waals surface area contributed by atoms with Crippen LogP contribution in [0.15, 0.2) is 29.6 Å². The lowest BCUT2D eigenvalue weighted by molar-refractivity contribution is -0.123. The molecule has 19 heavy (non-hydrogen) atoms. The second kappa shape index (κ2) is 6.14. The maximum atomic E-state index is 12.6. The summed E-state index contributed by atoms with van der Waals surface area (Å²) in [4.78, 5) is 15.5. The van der Waals surface area contributed by atoms with E-state index >= 15 is 0 Å². The van der Waals surface area contributed by atoms with E-state index in [1.54, 1.807) is 5.38 Å². The third kappa shape index (κ3) is 4.22. The van der Waals surface area contributed by atoms with Gasteiger partial charge in [-0.15, -0.1) is 11.3 Å². The highest BCUT2D eigenvalue weighted by atomic mass is 32.1. The number of hydrogen-bond acceptors (Lipinski definition) is 5. The summed E-state index contributed by atoms with van der Waals surface area (Å²) in [5.41, 5.74) is 6.18.